The van der Waals surface area contributed by atoms with Gasteiger partial charge in [0.15, 0.2) is 5.82 Å². The molecule has 4 aromatic rings. The van der Waals surface area contributed by atoms with Crippen molar-refractivity contribution in [3.63, 3.8) is 0 Å². The molecule has 2 aromatic carbocycles. The van der Waals surface area contributed by atoms with Gasteiger partial charge in [0.1, 0.15) is 12.4 Å². The summed E-state index contributed by atoms with van der Waals surface area (Å²) in [4.78, 5) is 16.5. The second-order valence-electron chi connectivity index (χ2n) is 6.19. The number of aryl methyl sites for hydroxylation is 1. The number of hydrogen-bond donors (Lipinski definition) is 1. The maximum atomic E-state index is 12.5. The van der Waals surface area contributed by atoms with Crippen LogP contribution in [0.5, 0.6) is 5.75 Å². The van der Waals surface area contributed by atoms with Crippen LogP contribution in [0.25, 0.3) is 5.69 Å². The van der Waals surface area contributed by atoms with Crippen LogP contribution in [0.3, 0.4) is 0 Å². The number of rotatable bonds is 7. The van der Waals surface area contributed by atoms with Crippen LogP contribution in [-0.2, 0) is 13.2 Å². The highest BCUT2D eigenvalue weighted by Crippen LogP contribution is 2.17. The second kappa shape index (κ2) is 8.34. The lowest BCUT2D eigenvalue weighted by atomic mass is 10.2. The molecule has 2 heterocycles. The lowest BCUT2D eigenvalue weighted by Crippen LogP contribution is -2.12. The molecule has 0 atom stereocenters. The van der Waals surface area contributed by atoms with Crippen LogP contribution in [0, 0.1) is 0 Å². The Kier molecular flexibility index (Phi) is 5.28. The van der Waals surface area contributed by atoms with Gasteiger partial charge in [-0.25, -0.2) is 9.67 Å². The van der Waals surface area contributed by atoms with Gasteiger partial charge in [-0.05, 0) is 65.9 Å². The fourth-order valence-corrected chi connectivity index (χ4v) is 2.75. The summed E-state index contributed by atoms with van der Waals surface area (Å²) in [7, 11) is 0. The Balaban J connectivity index is 1.35. The molecule has 0 spiro atoms. The van der Waals surface area contributed by atoms with Crippen molar-refractivity contribution in [3.8, 4) is 11.4 Å². The van der Waals surface area contributed by atoms with Gasteiger partial charge in [-0.1, -0.05) is 0 Å². The Morgan fingerprint density at radius 3 is 2.59 bits per heavy atom. The van der Waals surface area contributed by atoms with Crippen molar-refractivity contribution >= 4 is 11.6 Å². The van der Waals surface area contributed by atoms with Gasteiger partial charge in [-0.15, -0.1) is 5.10 Å². The topological polar surface area (TPSA) is 99.8 Å². The van der Waals surface area contributed by atoms with E-state index >= 15 is 0 Å². The van der Waals surface area contributed by atoms with Crippen molar-refractivity contribution < 1.29 is 9.53 Å². The van der Waals surface area contributed by atoms with Gasteiger partial charge < -0.3 is 14.6 Å². The van der Waals surface area contributed by atoms with Gasteiger partial charge in [-0.3, -0.25) is 4.79 Å². The summed E-state index contributed by atoms with van der Waals surface area (Å²) in [6.45, 7) is 2.89. The number of imidazole rings is 1. The lowest BCUT2D eigenvalue weighted by molar-refractivity contribution is 0.102. The van der Waals surface area contributed by atoms with E-state index in [1.807, 2.05) is 42.0 Å². The molecule has 0 bridgehead atoms. The zero-order chi connectivity index (χ0) is 20.1. The van der Waals surface area contributed by atoms with Crippen molar-refractivity contribution in [3.05, 3.63) is 78.6 Å². The smallest absolute Gasteiger partial charge is 0.255 e. The fraction of sp³-hybridized carbons (Fsp3) is 0.150. The number of anilines is 1. The van der Waals surface area contributed by atoms with Crippen LogP contribution in [0.4, 0.5) is 5.69 Å². The molecule has 0 aliphatic heterocycles. The lowest BCUT2D eigenvalue weighted by Gasteiger charge is -2.09. The number of tetrazole rings is 1. The van der Waals surface area contributed by atoms with E-state index in [4.69, 9.17) is 4.74 Å². The van der Waals surface area contributed by atoms with E-state index in [0.29, 0.717) is 29.4 Å². The molecule has 29 heavy (non-hydrogen) atoms. The second-order valence-corrected chi connectivity index (χ2v) is 6.19. The number of aromatic nitrogens is 6. The molecule has 1 amide bonds. The minimum absolute atomic E-state index is 0.193. The Labute approximate surface area is 167 Å². The first-order chi connectivity index (χ1) is 14.2. The number of carbonyl (C=O) groups excluding carboxylic acids is 1. The monoisotopic (exact) mass is 389 g/mol. The first-order valence-electron chi connectivity index (χ1n) is 9.10. The zero-order valence-electron chi connectivity index (χ0n) is 15.8. The molecule has 0 aliphatic rings. The fourth-order valence-electron chi connectivity index (χ4n) is 2.75. The Morgan fingerprint density at radius 2 is 1.90 bits per heavy atom. The zero-order valence-corrected chi connectivity index (χ0v) is 15.8. The van der Waals surface area contributed by atoms with E-state index in [1.54, 1.807) is 41.5 Å². The molecule has 146 valence electrons. The van der Waals surface area contributed by atoms with E-state index in [1.165, 1.54) is 0 Å². The van der Waals surface area contributed by atoms with E-state index in [9.17, 15) is 4.79 Å². The Bertz CT molecular complexity index is 1070. The number of carbonyl (C=O) groups is 1. The third kappa shape index (κ3) is 4.29. The summed E-state index contributed by atoms with van der Waals surface area (Å²) in [5.74, 6) is 1.09. The predicted molar refractivity (Wildman–Crippen MR) is 106 cm³/mol. The van der Waals surface area contributed by atoms with Gasteiger partial charge in [0.2, 0.25) is 0 Å². The van der Waals surface area contributed by atoms with E-state index in [-0.39, 0.29) is 12.5 Å². The molecule has 2 aromatic heterocycles. The van der Waals surface area contributed by atoms with Gasteiger partial charge >= 0.3 is 0 Å². The van der Waals surface area contributed by atoms with E-state index < -0.39 is 0 Å². The molecule has 0 radical (unpaired) electrons. The molecule has 0 unspecified atom stereocenters. The van der Waals surface area contributed by atoms with Gasteiger partial charge in [0.25, 0.3) is 5.91 Å². The first-order valence-corrected chi connectivity index (χ1v) is 9.10. The molecule has 1 N–H and O–H groups in total. The number of amides is 1. The van der Waals surface area contributed by atoms with Gasteiger partial charge in [0, 0.05) is 35.9 Å². The molecule has 0 saturated heterocycles. The summed E-state index contributed by atoms with van der Waals surface area (Å²) in [5, 5.41) is 14.3. The number of hydrogen-bond acceptors (Lipinski definition) is 6. The third-order valence-electron chi connectivity index (χ3n) is 4.32. The highest BCUT2D eigenvalue weighted by atomic mass is 16.5. The summed E-state index contributed by atoms with van der Waals surface area (Å²) < 4.78 is 9.25. The first kappa shape index (κ1) is 18.4. The Hall–Kier alpha value is -4.01. The van der Waals surface area contributed by atoms with Crippen LogP contribution in [0.2, 0.25) is 0 Å². The number of nitrogens with zero attached hydrogens (tertiary/aromatic N) is 6. The average molecular weight is 389 g/mol. The van der Waals surface area contributed by atoms with Crippen LogP contribution < -0.4 is 10.1 Å². The summed E-state index contributed by atoms with van der Waals surface area (Å²) in [6, 6.07) is 14.5. The summed E-state index contributed by atoms with van der Waals surface area (Å²) in [6.07, 6.45) is 5.30. The SMILES string of the molecule is CCn1nnnc1COc1ccc(C(=O)Nc2ccc(-n3ccnc3)cc2)cc1. The maximum absolute atomic E-state index is 12.5. The molecule has 0 saturated carbocycles. The van der Waals surface area contributed by atoms with Crippen LogP contribution in [0.1, 0.15) is 23.1 Å². The standard InChI is InChI=1S/C20H19N7O2/c1-2-27-19(23-24-25-27)13-29-18-9-3-15(4-10-18)20(28)22-16-5-7-17(8-6-16)26-12-11-21-14-26/h3-12,14H,2,13H2,1H3,(H,22,28). The van der Waals surface area contributed by atoms with Crippen molar-refractivity contribution in [1.29, 1.82) is 0 Å². The maximum Gasteiger partial charge on any atom is 0.255 e. The summed E-state index contributed by atoms with van der Waals surface area (Å²) in [5.41, 5.74) is 2.22. The van der Waals surface area contributed by atoms with Gasteiger partial charge in [0.05, 0.1) is 6.33 Å². The molecule has 9 heteroatoms. The molecule has 9 nitrogen and oxygen atoms in total. The highest BCUT2D eigenvalue weighted by Gasteiger charge is 2.08. The van der Waals surface area contributed by atoms with Crippen LogP contribution >= 0.6 is 0 Å². The molecule has 0 fully saturated rings. The van der Waals surface area contributed by atoms with E-state index in [0.717, 1.165) is 5.69 Å². The number of ether oxygens (including phenoxy) is 1. The van der Waals surface area contributed by atoms with Crippen molar-refractivity contribution in [2.45, 2.75) is 20.1 Å². The molecular formula is C20H19N7O2. The van der Waals surface area contributed by atoms with Crippen LogP contribution in [-0.4, -0.2) is 35.7 Å². The number of benzene rings is 2. The third-order valence-corrected chi connectivity index (χ3v) is 4.32. The van der Waals surface area contributed by atoms with Gasteiger partial charge in [-0.2, -0.15) is 0 Å². The molecular weight excluding hydrogens is 370 g/mol. The normalized spacial score (nSPS) is 10.7. The highest BCUT2D eigenvalue weighted by molar-refractivity contribution is 6.04. The largest absolute Gasteiger partial charge is 0.486 e. The van der Waals surface area contributed by atoms with Crippen molar-refractivity contribution in [2.75, 3.05) is 5.32 Å². The molecule has 0 aliphatic carbocycles. The predicted octanol–water partition coefficient (Wildman–Crippen LogP) is 2.71. The van der Waals surface area contributed by atoms with Crippen molar-refractivity contribution in [2.24, 2.45) is 0 Å². The van der Waals surface area contributed by atoms with Crippen molar-refractivity contribution in [1.82, 2.24) is 29.8 Å². The average Bonchev–Trinajstić information content (AvgIpc) is 3.45. The summed E-state index contributed by atoms with van der Waals surface area (Å²) >= 11 is 0. The minimum Gasteiger partial charge on any atom is -0.486 e. The Morgan fingerprint density at radius 1 is 1.10 bits per heavy atom. The van der Waals surface area contributed by atoms with E-state index in [2.05, 4.69) is 25.8 Å². The molecule has 4 rings (SSSR count). The quantitative estimate of drug-likeness (QED) is 0.522. The van der Waals surface area contributed by atoms with Crippen LogP contribution in [0.15, 0.2) is 67.3 Å². The number of nitrogens with one attached hydrogen (secondary N) is 1. The minimum atomic E-state index is -0.193.